The predicted molar refractivity (Wildman–Crippen MR) is 66.3 cm³/mol. The van der Waals surface area contributed by atoms with Gasteiger partial charge in [-0.05, 0) is 30.4 Å². The Morgan fingerprint density at radius 2 is 2.06 bits per heavy atom. The molecule has 3 N–H and O–H groups in total. The minimum atomic E-state index is -0.279. The Morgan fingerprint density at radius 3 is 2.62 bits per heavy atom. The molecule has 88 valence electrons. The van der Waals surface area contributed by atoms with Crippen LogP contribution >= 0.6 is 0 Å². The molecule has 0 amide bonds. The minimum Gasteiger partial charge on any atom is -0.392 e. The fourth-order valence-corrected chi connectivity index (χ4v) is 2.35. The van der Waals surface area contributed by atoms with Crippen LogP contribution in [-0.4, -0.2) is 17.8 Å². The Hall–Kier alpha value is -0.860. The number of hydrogen-bond donors (Lipinski definition) is 2. The first-order valence-electron chi connectivity index (χ1n) is 6.16. The van der Waals surface area contributed by atoms with Gasteiger partial charge in [0.2, 0.25) is 0 Å². The first-order chi connectivity index (χ1) is 7.72. The van der Waals surface area contributed by atoms with E-state index in [9.17, 15) is 5.11 Å². The van der Waals surface area contributed by atoms with Gasteiger partial charge in [0.15, 0.2) is 0 Å². The molecule has 0 aliphatic heterocycles. The van der Waals surface area contributed by atoms with Gasteiger partial charge in [-0.2, -0.15) is 0 Å². The van der Waals surface area contributed by atoms with Gasteiger partial charge < -0.3 is 10.8 Å². The van der Waals surface area contributed by atoms with Crippen LogP contribution in [0.2, 0.25) is 0 Å². The highest BCUT2D eigenvalue weighted by molar-refractivity contribution is 5.30. The van der Waals surface area contributed by atoms with Gasteiger partial charge in [-0.15, -0.1) is 0 Å². The Kier molecular flexibility index (Phi) is 3.62. The third-order valence-electron chi connectivity index (χ3n) is 3.58. The third-order valence-corrected chi connectivity index (χ3v) is 3.58. The third kappa shape index (κ3) is 2.63. The zero-order valence-corrected chi connectivity index (χ0v) is 9.89. The lowest BCUT2D eigenvalue weighted by Crippen LogP contribution is -2.27. The number of benzene rings is 1. The van der Waals surface area contributed by atoms with Crippen molar-refractivity contribution in [2.24, 2.45) is 11.7 Å². The molecule has 2 unspecified atom stereocenters. The smallest absolute Gasteiger partial charge is 0.0623 e. The van der Waals surface area contributed by atoms with E-state index in [0.29, 0.717) is 6.54 Å². The van der Waals surface area contributed by atoms with Crippen LogP contribution in [0.4, 0.5) is 0 Å². The second kappa shape index (κ2) is 4.98. The van der Waals surface area contributed by atoms with E-state index >= 15 is 0 Å². The Morgan fingerprint density at radius 1 is 1.38 bits per heavy atom. The first kappa shape index (κ1) is 11.6. The van der Waals surface area contributed by atoms with Crippen LogP contribution in [0, 0.1) is 12.8 Å². The molecule has 2 rings (SSSR count). The largest absolute Gasteiger partial charge is 0.392 e. The zero-order valence-electron chi connectivity index (χ0n) is 9.89. The maximum absolute atomic E-state index is 10.2. The average molecular weight is 219 g/mol. The van der Waals surface area contributed by atoms with Crippen LogP contribution in [0.3, 0.4) is 0 Å². The molecule has 0 saturated heterocycles. The van der Waals surface area contributed by atoms with Crippen molar-refractivity contribution in [1.82, 2.24) is 0 Å². The van der Waals surface area contributed by atoms with Gasteiger partial charge in [-0.25, -0.2) is 0 Å². The van der Waals surface area contributed by atoms with Crippen LogP contribution in [0.1, 0.15) is 36.3 Å². The van der Waals surface area contributed by atoms with E-state index < -0.39 is 0 Å². The first-order valence-corrected chi connectivity index (χ1v) is 6.16. The van der Waals surface area contributed by atoms with Gasteiger partial charge in [-0.3, -0.25) is 0 Å². The number of nitrogens with two attached hydrogens (primary N) is 1. The van der Waals surface area contributed by atoms with Gasteiger partial charge in [0, 0.05) is 12.5 Å². The van der Waals surface area contributed by atoms with Crippen molar-refractivity contribution in [2.45, 2.75) is 38.2 Å². The van der Waals surface area contributed by atoms with Crippen molar-refractivity contribution in [1.29, 1.82) is 0 Å². The van der Waals surface area contributed by atoms with E-state index in [0.717, 1.165) is 12.3 Å². The minimum absolute atomic E-state index is 0.0989. The average Bonchev–Trinajstić information content (AvgIpc) is 3.06. The number of hydrogen-bond acceptors (Lipinski definition) is 2. The molecule has 0 spiro atoms. The van der Waals surface area contributed by atoms with Crippen molar-refractivity contribution in [3.05, 3.63) is 35.4 Å². The summed E-state index contributed by atoms with van der Waals surface area (Å²) in [7, 11) is 0. The fraction of sp³-hybridized carbons (Fsp3) is 0.571. The molecule has 1 aromatic carbocycles. The Balaban J connectivity index is 2.11. The van der Waals surface area contributed by atoms with Crippen molar-refractivity contribution in [3.63, 3.8) is 0 Å². The van der Waals surface area contributed by atoms with Crippen molar-refractivity contribution in [2.75, 3.05) is 6.54 Å². The molecule has 1 aliphatic carbocycles. The van der Waals surface area contributed by atoms with Crippen LogP contribution in [0.15, 0.2) is 24.3 Å². The summed E-state index contributed by atoms with van der Waals surface area (Å²) in [6, 6.07) is 8.22. The van der Waals surface area contributed by atoms with E-state index in [1.807, 2.05) is 12.1 Å². The van der Waals surface area contributed by atoms with E-state index in [4.69, 9.17) is 5.73 Å². The summed E-state index contributed by atoms with van der Waals surface area (Å²) >= 11 is 0. The molecule has 1 aliphatic rings. The molecule has 2 heteroatoms. The van der Waals surface area contributed by atoms with Crippen LogP contribution in [0.25, 0.3) is 0 Å². The molecular weight excluding hydrogens is 198 g/mol. The number of aryl methyl sites for hydroxylation is 1. The molecule has 1 saturated carbocycles. The highest BCUT2D eigenvalue weighted by Gasteiger charge is 2.29. The van der Waals surface area contributed by atoms with E-state index in [2.05, 4.69) is 19.1 Å². The van der Waals surface area contributed by atoms with E-state index in [1.54, 1.807) is 0 Å². The van der Waals surface area contributed by atoms with Crippen molar-refractivity contribution < 1.29 is 5.11 Å². The summed E-state index contributed by atoms with van der Waals surface area (Å²) in [6.07, 6.45) is 3.19. The Labute approximate surface area is 97.5 Å². The molecule has 0 radical (unpaired) electrons. The second-order valence-corrected chi connectivity index (χ2v) is 4.95. The van der Waals surface area contributed by atoms with E-state index in [1.165, 1.54) is 24.0 Å². The summed E-state index contributed by atoms with van der Waals surface area (Å²) in [5.41, 5.74) is 8.25. The number of aliphatic hydroxyl groups is 1. The van der Waals surface area contributed by atoms with Crippen molar-refractivity contribution in [3.8, 4) is 0 Å². The highest BCUT2D eigenvalue weighted by atomic mass is 16.3. The molecule has 2 nitrogen and oxygen atoms in total. The second-order valence-electron chi connectivity index (χ2n) is 4.95. The maximum atomic E-state index is 10.2. The summed E-state index contributed by atoms with van der Waals surface area (Å²) in [6.45, 7) is 2.61. The Bertz CT molecular complexity index is 346. The standard InChI is InChI=1S/C14H21NO/c1-10-4-2-3-5-12(10)13(9-15)14(16)8-11-6-7-11/h2-5,11,13-14,16H,6-9,15H2,1H3. The van der Waals surface area contributed by atoms with Gasteiger partial charge >= 0.3 is 0 Å². The summed E-state index contributed by atoms with van der Waals surface area (Å²) < 4.78 is 0. The summed E-state index contributed by atoms with van der Waals surface area (Å²) in [5.74, 6) is 0.842. The zero-order chi connectivity index (χ0) is 11.5. The van der Waals surface area contributed by atoms with Crippen molar-refractivity contribution >= 4 is 0 Å². The number of rotatable bonds is 5. The molecular formula is C14H21NO. The maximum Gasteiger partial charge on any atom is 0.0623 e. The van der Waals surface area contributed by atoms with Gasteiger partial charge in [-0.1, -0.05) is 37.1 Å². The quantitative estimate of drug-likeness (QED) is 0.797. The van der Waals surface area contributed by atoms with Crippen LogP contribution in [-0.2, 0) is 0 Å². The van der Waals surface area contributed by atoms with Crippen LogP contribution < -0.4 is 5.73 Å². The summed E-state index contributed by atoms with van der Waals surface area (Å²) in [4.78, 5) is 0. The molecule has 0 aromatic heterocycles. The fourth-order valence-electron chi connectivity index (χ4n) is 2.35. The SMILES string of the molecule is Cc1ccccc1C(CN)C(O)CC1CC1. The van der Waals surface area contributed by atoms with Crippen LogP contribution in [0.5, 0.6) is 0 Å². The molecule has 0 heterocycles. The molecule has 1 aromatic rings. The highest BCUT2D eigenvalue weighted by Crippen LogP contribution is 2.36. The summed E-state index contributed by atoms with van der Waals surface area (Å²) in [5, 5.41) is 10.2. The lowest BCUT2D eigenvalue weighted by molar-refractivity contribution is 0.129. The topological polar surface area (TPSA) is 46.2 Å². The van der Waals surface area contributed by atoms with Gasteiger partial charge in [0.1, 0.15) is 0 Å². The normalized spacial score (nSPS) is 19.4. The molecule has 1 fully saturated rings. The van der Waals surface area contributed by atoms with Gasteiger partial charge in [0.05, 0.1) is 6.10 Å². The predicted octanol–water partition coefficient (Wildman–Crippen LogP) is 2.20. The molecule has 2 atom stereocenters. The number of aliphatic hydroxyl groups excluding tert-OH is 1. The lowest BCUT2D eigenvalue weighted by atomic mass is 9.88. The lowest BCUT2D eigenvalue weighted by Gasteiger charge is -2.23. The van der Waals surface area contributed by atoms with Gasteiger partial charge in [0.25, 0.3) is 0 Å². The monoisotopic (exact) mass is 219 g/mol. The molecule has 0 bridgehead atoms. The molecule has 16 heavy (non-hydrogen) atoms. The van der Waals surface area contributed by atoms with E-state index in [-0.39, 0.29) is 12.0 Å².